The van der Waals surface area contributed by atoms with Gasteiger partial charge in [0.15, 0.2) is 5.78 Å². The number of ketones is 2. The van der Waals surface area contributed by atoms with Gasteiger partial charge >= 0.3 is 6.18 Å². The number of benzene rings is 2. The molecule has 1 aliphatic carbocycles. The first kappa shape index (κ1) is 23.2. The van der Waals surface area contributed by atoms with Gasteiger partial charge in [-0.05, 0) is 74.4 Å². The molecule has 174 valence electrons. The molecule has 4 rings (SSSR count). The highest BCUT2D eigenvalue weighted by molar-refractivity contribution is 6.07. The van der Waals surface area contributed by atoms with Crippen LogP contribution in [-0.2, 0) is 11.0 Å². The van der Waals surface area contributed by atoms with Crippen molar-refractivity contribution in [3.63, 3.8) is 0 Å². The third kappa shape index (κ3) is 5.31. The number of amides is 1. The Labute approximate surface area is 193 Å². The SMILES string of the molecule is CC(=O)/C=C\C(=O)c1cc(-c2ccc(C(=O)NC3CC3)cc2)nn1-c1ccc(C(F)(F)F)cc1. The lowest BCUT2D eigenvalue weighted by molar-refractivity contribution is -0.137. The highest BCUT2D eigenvalue weighted by Crippen LogP contribution is 2.30. The van der Waals surface area contributed by atoms with E-state index in [1.807, 2.05) is 0 Å². The van der Waals surface area contributed by atoms with Crippen molar-refractivity contribution >= 4 is 17.5 Å². The molecule has 1 amide bonds. The summed E-state index contributed by atoms with van der Waals surface area (Å²) in [6, 6.07) is 12.6. The van der Waals surface area contributed by atoms with Gasteiger partial charge < -0.3 is 5.32 Å². The van der Waals surface area contributed by atoms with E-state index < -0.39 is 17.5 Å². The summed E-state index contributed by atoms with van der Waals surface area (Å²) in [6.45, 7) is 1.29. The number of halogens is 3. The van der Waals surface area contributed by atoms with Gasteiger partial charge in [-0.15, -0.1) is 0 Å². The van der Waals surface area contributed by atoms with Gasteiger partial charge in [-0.1, -0.05) is 12.1 Å². The second-order valence-corrected chi connectivity index (χ2v) is 8.00. The lowest BCUT2D eigenvalue weighted by atomic mass is 10.1. The van der Waals surface area contributed by atoms with E-state index in [9.17, 15) is 27.6 Å². The highest BCUT2D eigenvalue weighted by Gasteiger charge is 2.30. The largest absolute Gasteiger partial charge is 0.416 e. The van der Waals surface area contributed by atoms with Crippen molar-refractivity contribution in [1.29, 1.82) is 0 Å². The molecule has 1 saturated carbocycles. The van der Waals surface area contributed by atoms with Crippen molar-refractivity contribution < 1.29 is 27.6 Å². The molecule has 1 N–H and O–H groups in total. The third-order valence-electron chi connectivity index (χ3n) is 5.23. The number of carbonyl (C=O) groups excluding carboxylic acids is 3. The summed E-state index contributed by atoms with van der Waals surface area (Å²) < 4.78 is 40.1. The summed E-state index contributed by atoms with van der Waals surface area (Å²) in [4.78, 5) is 36.2. The van der Waals surface area contributed by atoms with Crippen LogP contribution in [0.15, 0.2) is 66.7 Å². The summed E-state index contributed by atoms with van der Waals surface area (Å²) in [5, 5.41) is 7.32. The van der Waals surface area contributed by atoms with Gasteiger partial charge in [-0.2, -0.15) is 18.3 Å². The van der Waals surface area contributed by atoms with Gasteiger partial charge in [0, 0.05) is 17.2 Å². The van der Waals surface area contributed by atoms with Crippen LogP contribution in [0.4, 0.5) is 13.2 Å². The molecule has 34 heavy (non-hydrogen) atoms. The van der Waals surface area contributed by atoms with Crippen LogP contribution in [0.2, 0.25) is 0 Å². The molecule has 1 fully saturated rings. The zero-order chi connectivity index (χ0) is 24.5. The van der Waals surface area contributed by atoms with Crippen molar-refractivity contribution in [2.75, 3.05) is 0 Å². The van der Waals surface area contributed by atoms with E-state index in [1.54, 1.807) is 24.3 Å². The predicted molar refractivity (Wildman–Crippen MR) is 119 cm³/mol. The van der Waals surface area contributed by atoms with Crippen molar-refractivity contribution in [3.8, 4) is 16.9 Å². The summed E-state index contributed by atoms with van der Waals surface area (Å²) in [5.41, 5.74) is 0.973. The predicted octanol–water partition coefficient (Wildman–Crippen LogP) is 4.78. The first-order valence-electron chi connectivity index (χ1n) is 10.5. The Hall–Kier alpha value is -4.01. The smallest absolute Gasteiger partial charge is 0.349 e. The van der Waals surface area contributed by atoms with E-state index in [4.69, 9.17) is 0 Å². The van der Waals surface area contributed by atoms with Crippen LogP contribution < -0.4 is 5.32 Å². The maximum Gasteiger partial charge on any atom is 0.416 e. The zero-order valence-corrected chi connectivity index (χ0v) is 18.1. The minimum absolute atomic E-state index is 0.0720. The van der Waals surface area contributed by atoms with Crippen LogP contribution >= 0.6 is 0 Å². The molecule has 6 nitrogen and oxygen atoms in total. The number of nitrogens with one attached hydrogen (secondary N) is 1. The molecule has 0 aliphatic heterocycles. The standard InChI is InChI=1S/C25H20F3N3O3/c1-15(32)2-13-23(33)22-14-21(16-3-5-17(6-4-16)24(34)29-19-9-10-19)30-31(22)20-11-7-18(8-12-20)25(26,27)28/h2-8,11-14,19H,9-10H2,1H3,(H,29,34)/b13-2-. The van der Waals surface area contributed by atoms with Gasteiger partial charge in [0.1, 0.15) is 5.69 Å². The minimum atomic E-state index is -4.50. The lowest BCUT2D eigenvalue weighted by Crippen LogP contribution is -2.25. The Balaban J connectivity index is 1.69. The van der Waals surface area contributed by atoms with E-state index in [2.05, 4.69) is 10.4 Å². The van der Waals surface area contributed by atoms with Gasteiger partial charge in [-0.3, -0.25) is 14.4 Å². The monoisotopic (exact) mass is 467 g/mol. The number of aromatic nitrogens is 2. The molecule has 0 spiro atoms. The lowest BCUT2D eigenvalue weighted by Gasteiger charge is -2.09. The molecule has 1 aliphatic rings. The Bertz CT molecular complexity index is 1270. The van der Waals surface area contributed by atoms with E-state index in [0.29, 0.717) is 16.8 Å². The Kier molecular flexibility index (Phi) is 6.19. The van der Waals surface area contributed by atoms with Crippen LogP contribution in [0.3, 0.4) is 0 Å². The summed E-state index contributed by atoms with van der Waals surface area (Å²) in [5.74, 6) is -1.03. The first-order chi connectivity index (χ1) is 16.1. The van der Waals surface area contributed by atoms with Gasteiger partial charge in [0.05, 0.1) is 16.9 Å². The summed E-state index contributed by atoms with van der Waals surface area (Å²) >= 11 is 0. The van der Waals surface area contributed by atoms with Gasteiger partial charge in [0.25, 0.3) is 5.91 Å². The third-order valence-corrected chi connectivity index (χ3v) is 5.23. The van der Waals surface area contributed by atoms with Gasteiger partial charge in [-0.25, -0.2) is 4.68 Å². The summed E-state index contributed by atoms with van der Waals surface area (Å²) in [6.07, 6.45) is -0.348. The highest BCUT2D eigenvalue weighted by atomic mass is 19.4. The average Bonchev–Trinajstić information content (AvgIpc) is 3.50. The van der Waals surface area contributed by atoms with Crippen LogP contribution in [0, 0.1) is 0 Å². The molecule has 0 atom stereocenters. The number of carbonyl (C=O) groups is 3. The quantitative estimate of drug-likeness (QED) is 0.401. The number of hydrogen-bond donors (Lipinski definition) is 1. The summed E-state index contributed by atoms with van der Waals surface area (Å²) in [7, 11) is 0. The van der Waals surface area contributed by atoms with Crippen LogP contribution in [0.1, 0.15) is 46.2 Å². The fraction of sp³-hybridized carbons (Fsp3) is 0.200. The molecule has 2 aromatic carbocycles. The average molecular weight is 467 g/mol. The van der Waals surface area contributed by atoms with Crippen molar-refractivity contribution in [3.05, 3.63) is 83.6 Å². The zero-order valence-electron chi connectivity index (χ0n) is 18.1. The molecule has 0 saturated heterocycles. The molecule has 1 aromatic heterocycles. The molecular formula is C25H20F3N3O3. The molecule has 9 heteroatoms. The second-order valence-electron chi connectivity index (χ2n) is 8.00. The molecular weight excluding hydrogens is 447 g/mol. The fourth-order valence-electron chi connectivity index (χ4n) is 3.25. The number of hydrogen-bond acceptors (Lipinski definition) is 4. The van der Waals surface area contributed by atoms with Crippen LogP contribution in [-0.4, -0.2) is 33.3 Å². The maximum atomic E-state index is 12.9. The number of rotatable bonds is 7. The van der Waals surface area contributed by atoms with E-state index in [0.717, 1.165) is 37.1 Å². The molecule has 3 aromatic rings. The fourth-order valence-corrected chi connectivity index (χ4v) is 3.25. The van der Waals surface area contributed by atoms with Crippen LogP contribution in [0.25, 0.3) is 16.9 Å². The van der Waals surface area contributed by atoms with Crippen LogP contribution in [0.5, 0.6) is 0 Å². The van der Waals surface area contributed by atoms with E-state index >= 15 is 0 Å². The first-order valence-corrected chi connectivity index (χ1v) is 10.5. The normalized spacial score (nSPS) is 13.8. The number of nitrogens with zero attached hydrogens (tertiary/aromatic N) is 2. The van der Waals surface area contributed by atoms with Gasteiger partial charge in [0.2, 0.25) is 5.78 Å². The Morgan fingerprint density at radius 2 is 1.65 bits per heavy atom. The van der Waals surface area contributed by atoms with Crippen molar-refractivity contribution in [2.45, 2.75) is 32.0 Å². The Morgan fingerprint density at radius 1 is 1.00 bits per heavy atom. The Morgan fingerprint density at radius 3 is 2.21 bits per heavy atom. The topological polar surface area (TPSA) is 81.1 Å². The maximum absolute atomic E-state index is 12.9. The van der Waals surface area contributed by atoms with Crippen molar-refractivity contribution in [1.82, 2.24) is 15.1 Å². The number of allylic oxidation sites excluding steroid dienone is 2. The van der Waals surface area contributed by atoms with E-state index in [1.165, 1.54) is 29.8 Å². The molecule has 0 unspecified atom stereocenters. The second kappa shape index (κ2) is 9.09. The molecule has 0 radical (unpaired) electrons. The molecule has 0 bridgehead atoms. The van der Waals surface area contributed by atoms with Crippen molar-refractivity contribution in [2.24, 2.45) is 0 Å². The number of alkyl halides is 3. The van der Waals surface area contributed by atoms with E-state index in [-0.39, 0.29) is 29.1 Å². The minimum Gasteiger partial charge on any atom is -0.349 e. The molecule has 1 heterocycles.